The number of nitrogens with zero attached hydrogens (tertiary/aromatic N) is 4. The van der Waals surface area contributed by atoms with E-state index in [1.165, 1.54) is 0 Å². The van der Waals surface area contributed by atoms with Crippen molar-refractivity contribution in [2.45, 2.75) is 19.3 Å². The summed E-state index contributed by atoms with van der Waals surface area (Å²) < 4.78 is 5.39. The van der Waals surface area contributed by atoms with Crippen LogP contribution in [0.3, 0.4) is 0 Å². The number of rotatable bonds is 4. The third-order valence-corrected chi connectivity index (χ3v) is 5.20. The van der Waals surface area contributed by atoms with Crippen LogP contribution in [0.5, 0.6) is 0 Å². The Bertz CT molecular complexity index is 635. The van der Waals surface area contributed by atoms with Gasteiger partial charge >= 0.3 is 0 Å². The molecule has 0 aromatic carbocycles. The third-order valence-electron chi connectivity index (χ3n) is 5.20. The van der Waals surface area contributed by atoms with Gasteiger partial charge in [-0.1, -0.05) is 0 Å². The second kappa shape index (κ2) is 8.49. The van der Waals surface area contributed by atoms with Gasteiger partial charge in [-0.25, -0.2) is 0 Å². The Hall–Kier alpha value is -2.15. The predicted molar refractivity (Wildman–Crippen MR) is 99.2 cm³/mol. The maximum absolute atomic E-state index is 12.8. The Labute approximate surface area is 154 Å². The number of piperidine rings is 1. The Morgan fingerprint density at radius 2 is 1.88 bits per heavy atom. The average molecular weight is 360 g/mol. The summed E-state index contributed by atoms with van der Waals surface area (Å²) in [6.07, 6.45) is 4.02. The Balaban J connectivity index is 1.57. The zero-order valence-corrected chi connectivity index (χ0v) is 15.7. The van der Waals surface area contributed by atoms with E-state index in [2.05, 4.69) is 9.88 Å². The molecular formula is C19H28N4O3. The van der Waals surface area contributed by atoms with E-state index in [-0.39, 0.29) is 11.8 Å². The van der Waals surface area contributed by atoms with Crippen molar-refractivity contribution in [2.24, 2.45) is 5.92 Å². The summed E-state index contributed by atoms with van der Waals surface area (Å²) in [6.45, 7) is 4.47. The molecule has 0 N–H and O–H groups in total. The lowest BCUT2D eigenvalue weighted by Gasteiger charge is -2.32. The van der Waals surface area contributed by atoms with E-state index in [0.29, 0.717) is 44.3 Å². The van der Waals surface area contributed by atoms with Gasteiger partial charge in [-0.2, -0.15) is 0 Å². The third kappa shape index (κ3) is 4.52. The van der Waals surface area contributed by atoms with Gasteiger partial charge in [0.1, 0.15) is 5.69 Å². The van der Waals surface area contributed by atoms with Crippen LogP contribution in [-0.4, -0.2) is 80.1 Å². The molecule has 0 atom stereocenters. The normalized spacial score (nSPS) is 18.7. The smallest absolute Gasteiger partial charge is 0.272 e. The quantitative estimate of drug-likeness (QED) is 0.808. The van der Waals surface area contributed by atoms with Crippen molar-refractivity contribution in [1.82, 2.24) is 14.8 Å². The average Bonchev–Trinajstić information content (AvgIpc) is 2.68. The zero-order valence-electron chi connectivity index (χ0n) is 15.7. The van der Waals surface area contributed by atoms with Gasteiger partial charge in [0.25, 0.3) is 5.91 Å². The number of hydrogen-bond acceptors (Lipinski definition) is 5. The minimum atomic E-state index is -0.0162. The number of pyridine rings is 1. The fourth-order valence-corrected chi connectivity index (χ4v) is 3.49. The molecule has 0 bridgehead atoms. The van der Waals surface area contributed by atoms with Crippen LogP contribution in [0.15, 0.2) is 18.3 Å². The molecule has 2 aliphatic heterocycles. The molecule has 0 unspecified atom stereocenters. The molecule has 0 radical (unpaired) electrons. The maximum atomic E-state index is 12.8. The first-order chi connectivity index (χ1) is 12.5. The van der Waals surface area contributed by atoms with Crippen LogP contribution < -0.4 is 4.90 Å². The molecule has 3 rings (SSSR count). The highest BCUT2D eigenvalue weighted by Crippen LogP contribution is 2.23. The van der Waals surface area contributed by atoms with Crippen LogP contribution in [0.4, 0.5) is 5.69 Å². The van der Waals surface area contributed by atoms with Crippen molar-refractivity contribution in [2.75, 3.05) is 58.4 Å². The molecule has 0 aliphatic carbocycles. The lowest BCUT2D eigenvalue weighted by Crippen LogP contribution is -2.40. The lowest BCUT2D eigenvalue weighted by atomic mass is 9.93. The van der Waals surface area contributed by atoms with Gasteiger partial charge in [0, 0.05) is 58.6 Å². The van der Waals surface area contributed by atoms with Crippen LogP contribution in [0, 0.1) is 5.92 Å². The molecule has 26 heavy (non-hydrogen) atoms. The number of likely N-dealkylation sites (tertiary alicyclic amines) is 1. The van der Waals surface area contributed by atoms with Crippen LogP contribution in [0.1, 0.15) is 29.8 Å². The van der Waals surface area contributed by atoms with Gasteiger partial charge in [-0.15, -0.1) is 0 Å². The first-order valence-corrected chi connectivity index (χ1v) is 9.33. The van der Waals surface area contributed by atoms with E-state index in [0.717, 1.165) is 31.6 Å². The number of carbonyl (C=O) groups excluding carboxylic acids is 2. The van der Waals surface area contributed by atoms with E-state index in [1.54, 1.807) is 25.2 Å². The van der Waals surface area contributed by atoms with Gasteiger partial charge in [0.05, 0.1) is 13.2 Å². The van der Waals surface area contributed by atoms with E-state index in [9.17, 15) is 9.59 Å². The van der Waals surface area contributed by atoms with Crippen molar-refractivity contribution in [3.63, 3.8) is 0 Å². The van der Waals surface area contributed by atoms with Crippen LogP contribution in [0.2, 0.25) is 0 Å². The molecule has 1 aromatic rings. The predicted octanol–water partition coefficient (Wildman–Crippen LogP) is 1.25. The standard InChI is InChI=1S/C19H28N4O3/c1-21(2)18(24)13-15-4-7-23(8-5-15)19(25)17-14-16(3-6-20-17)22-9-11-26-12-10-22/h3,6,14-15H,4-5,7-13H2,1-2H3. The molecule has 7 heteroatoms. The molecule has 3 heterocycles. The number of carbonyl (C=O) groups is 2. The summed E-state index contributed by atoms with van der Waals surface area (Å²) in [7, 11) is 3.57. The van der Waals surface area contributed by atoms with Crippen molar-refractivity contribution in [3.8, 4) is 0 Å². The van der Waals surface area contributed by atoms with Crippen molar-refractivity contribution in [3.05, 3.63) is 24.0 Å². The number of aromatic nitrogens is 1. The van der Waals surface area contributed by atoms with E-state index in [4.69, 9.17) is 4.74 Å². The molecule has 2 fully saturated rings. The fraction of sp³-hybridized carbons (Fsp3) is 0.632. The van der Waals surface area contributed by atoms with Gasteiger partial charge in [0.15, 0.2) is 0 Å². The van der Waals surface area contributed by atoms with Crippen LogP contribution in [-0.2, 0) is 9.53 Å². The number of ether oxygens (including phenoxy) is 1. The van der Waals surface area contributed by atoms with E-state index < -0.39 is 0 Å². The highest BCUT2D eigenvalue weighted by atomic mass is 16.5. The maximum Gasteiger partial charge on any atom is 0.272 e. The molecular weight excluding hydrogens is 332 g/mol. The molecule has 0 spiro atoms. The Morgan fingerprint density at radius 3 is 2.54 bits per heavy atom. The highest BCUT2D eigenvalue weighted by Gasteiger charge is 2.26. The van der Waals surface area contributed by atoms with Gasteiger partial charge < -0.3 is 19.4 Å². The summed E-state index contributed by atoms with van der Waals surface area (Å²) >= 11 is 0. The van der Waals surface area contributed by atoms with Gasteiger partial charge in [-0.3, -0.25) is 14.6 Å². The largest absolute Gasteiger partial charge is 0.378 e. The first-order valence-electron chi connectivity index (χ1n) is 9.33. The fourth-order valence-electron chi connectivity index (χ4n) is 3.49. The van der Waals surface area contributed by atoms with Crippen LogP contribution >= 0.6 is 0 Å². The molecule has 2 aliphatic rings. The van der Waals surface area contributed by atoms with Crippen LogP contribution in [0.25, 0.3) is 0 Å². The zero-order chi connectivity index (χ0) is 18.5. The van der Waals surface area contributed by atoms with Gasteiger partial charge in [0.2, 0.25) is 5.91 Å². The second-order valence-electron chi connectivity index (χ2n) is 7.23. The summed E-state index contributed by atoms with van der Waals surface area (Å²) in [6, 6.07) is 3.83. The minimum Gasteiger partial charge on any atom is -0.378 e. The second-order valence-corrected chi connectivity index (χ2v) is 7.23. The molecule has 7 nitrogen and oxygen atoms in total. The number of anilines is 1. The van der Waals surface area contributed by atoms with E-state index in [1.807, 2.05) is 17.0 Å². The molecule has 2 amide bonds. The number of amides is 2. The monoisotopic (exact) mass is 360 g/mol. The first kappa shape index (κ1) is 18.6. The summed E-state index contributed by atoms with van der Waals surface area (Å²) in [5.74, 6) is 0.508. The van der Waals surface area contributed by atoms with E-state index >= 15 is 0 Å². The van der Waals surface area contributed by atoms with Crippen molar-refractivity contribution in [1.29, 1.82) is 0 Å². The Kier molecular flexibility index (Phi) is 6.08. The number of morpholine rings is 1. The van der Waals surface area contributed by atoms with Crippen molar-refractivity contribution >= 4 is 17.5 Å². The number of hydrogen-bond donors (Lipinski definition) is 0. The van der Waals surface area contributed by atoms with Gasteiger partial charge in [-0.05, 0) is 30.9 Å². The Morgan fingerprint density at radius 1 is 1.19 bits per heavy atom. The summed E-state index contributed by atoms with van der Waals surface area (Å²) in [5.41, 5.74) is 1.52. The lowest BCUT2D eigenvalue weighted by molar-refractivity contribution is -0.129. The minimum absolute atomic E-state index is 0.0162. The topological polar surface area (TPSA) is 66.0 Å². The molecule has 2 saturated heterocycles. The van der Waals surface area contributed by atoms with Crippen molar-refractivity contribution < 1.29 is 14.3 Å². The molecule has 142 valence electrons. The SMILES string of the molecule is CN(C)C(=O)CC1CCN(C(=O)c2cc(N3CCOCC3)ccn2)CC1. The summed E-state index contributed by atoms with van der Waals surface area (Å²) in [5, 5.41) is 0. The summed E-state index contributed by atoms with van der Waals surface area (Å²) in [4.78, 5) is 34.7. The molecule has 1 aromatic heterocycles. The highest BCUT2D eigenvalue weighted by molar-refractivity contribution is 5.93. The molecule has 0 saturated carbocycles.